The van der Waals surface area contributed by atoms with Gasteiger partial charge in [0.2, 0.25) is 0 Å². The third-order valence-corrected chi connectivity index (χ3v) is 4.18. The van der Waals surface area contributed by atoms with Gasteiger partial charge in [-0.1, -0.05) is 23.7 Å². The van der Waals surface area contributed by atoms with Crippen molar-refractivity contribution in [3.05, 3.63) is 62.8 Å². The molecule has 2 aromatic rings. The van der Waals surface area contributed by atoms with Crippen molar-refractivity contribution in [2.24, 2.45) is 0 Å². The van der Waals surface area contributed by atoms with Crippen molar-refractivity contribution in [1.29, 1.82) is 0 Å². The maximum atomic E-state index is 13.9. The van der Waals surface area contributed by atoms with Crippen LogP contribution in [0.1, 0.15) is 22.3 Å². The van der Waals surface area contributed by atoms with E-state index in [-0.39, 0.29) is 29.4 Å². The fraction of sp³-hybridized carbons (Fsp3) is 0.188. The van der Waals surface area contributed by atoms with Gasteiger partial charge in [0.05, 0.1) is 17.2 Å². The number of ether oxygens (including phenoxy) is 1. The van der Waals surface area contributed by atoms with Gasteiger partial charge in [0, 0.05) is 10.9 Å². The lowest BCUT2D eigenvalue weighted by atomic mass is 10.1. The van der Waals surface area contributed by atoms with E-state index in [0.717, 1.165) is 5.56 Å². The molecule has 0 amide bonds. The lowest BCUT2D eigenvalue weighted by molar-refractivity contribution is 0.0958. The molecule has 2 nitrogen and oxygen atoms in total. The summed E-state index contributed by atoms with van der Waals surface area (Å²) in [6, 6.07) is 10.5. The van der Waals surface area contributed by atoms with Gasteiger partial charge in [-0.15, -0.1) is 0 Å². The smallest absolute Gasteiger partial charge is 0.169 e. The molecule has 0 aliphatic carbocycles. The Morgan fingerprint density at radius 3 is 2.81 bits per heavy atom. The molecule has 2 rings (SSSR count). The van der Waals surface area contributed by atoms with Gasteiger partial charge in [-0.3, -0.25) is 4.79 Å². The monoisotopic (exact) mass is 370 g/mol. The Morgan fingerprint density at radius 2 is 2.10 bits per heavy atom. The Morgan fingerprint density at radius 1 is 1.33 bits per heavy atom. The molecule has 0 radical (unpaired) electrons. The fourth-order valence-corrected chi connectivity index (χ4v) is 2.31. The van der Waals surface area contributed by atoms with E-state index >= 15 is 0 Å². The van der Waals surface area contributed by atoms with Crippen molar-refractivity contribution in [2.45, 2.75) is 13.3 Å². The van der Waals surface area contributed by atoms with Crippen LogP contribution in [-0.2, 0) is 0 Å². The summed E-state index contributed by atoms with van der Waals surface area (Å²) in [7, 11) is 0. The summed E-state index contributed by atoms with van der Waals surface area (Å²) in [5, 5.41) is -0.0829. The Balaban J connectivity index is 1.98. The molecular weight excluding hydrogens is 359 g/mol. The number of rotatable bonds is 5. The number of ketones is 1. The molecule has 0 saturated carbocycles. The quantitative estimate of drug-likeness (QED) is 0.533. The highest BCUT2D eigenvalue weighted by Crippen LogP contribution is 2.28. The summed E-state index contributed by atoms with van der Waals surface area (Å²) in [5.41, 5.74) is 1.06. The van der Waals surface area contributed by atoms with Gasteiger partial charge in [0.15, 0.2) is 11.6 Å². The highest BCUT2D eigenvalue weighted by atomic mass is 79.9. The molecule has 0 saturated heterocycles. The number of carbonyl (C=O) groups excluding carboxylic acids is 1. The Bertz CT molecular complexity index is 673. The zero-order chi connectivity index (χ0) is 15.4. The SMILES string of the molecule is Cc1cccc(OCCC(=O)c2ccc(Br)c(Cl)c2F)c1. The molecule has 2 aromatic carbocycles. The minimum atomic E-state index is -0.702. The number of hydrogen-bond acceptors (Lipinski definition) is 2. The van der Waals surface area contributed by atoms with Crippen LogP contribution in [0.3, 0.4) is 0 Å². The van der Waals surface area contributed by atoms with E-state index < -0.39 is 5.82 Å². The third-order valence-electron chi connectivity index (χ3n) is 2.92. The van der Waals surface area contributed by atoms with Gasteiger partial charge < -0.3 is 4.74 Å². The Kier molecular flexibility index (Phi) is 5.37. The van der Waals surface area contributed by atoms with Crippen LogP contribution in [0.5, 0.6) is 5.75 Å². The van der Waals surface area contributed by atoms with Gasteiger partial charge in [0.1, 0.15) is 5.75 Å². The summed E-state index contributed by atoms with van der Waals surface area (Å²) in [6.45, 7) is 2.15. The van der Waals surface area contributed by atoms with E-state index in [1.54, 1.807) is 6.07 Å². The minimum Gasteiger partial charge on any atom is -0.493 e. The molecule has 110 valence electrons. The predicted octanol–water partition coefficient (Wildman–Crippen LogP) is 5.20. The molecule has 0 unspecified atom stereocenters. The number of aryl methyl sites for hydroxylation is 1. The summed E-state index contributed by atoms with van der Waals surface area (Å²) < 4.78 is 19.8. The number of halogens is 3. The highest BCUT2D eigenvalue weighted by Gasteiger charge is 2.16. The van der Waals surface area contributed by atoms with Crippen LogP contribution in [-0.4, -0.2) is 12.4 Å². The van der Waals surface area contributed by atoms with E-state index in [9.17, 15) is 9.18 Å². The summed E-state index contributed by atoms with van der Waals surface area (Å²) in [5.74, 6) is -0.349. The van der Waals surface area contributed by atoms with Crippen LogP contribution in [0.4, 0.5) is 4.39 Å². The molecule has 0 aliphatic rings. The van der Waals surface area contributed by atoms with Gasteiger partial charge in [-0.2, -0.15) is 0 Å². The molecule has 0 bridgehead atoms. The standard InChI is InChI=1S/C16H13BrClFO2/c1-10-3-2-4-11(9-10)21-8-7-14(20)12-5-6-13(17)15(18)16(12)19/h2-6,9H,7-8H2,1H3. The largest absolute Gasteiger partial charge is 0.493 e. The van der Waals surface area contributed by atoms with Crippen LogP contribution < -0.4 is 4.74 Å². The molecule has 0 N–H and O–H groups in total. The zero-order valence-electron chi connectivity index (χ0n) is 11.3. The molecule has 5 heteroatoms. The number of Topliss-reactive ketones (excluding diaryl/α,β-unsaturated/α-hetero) is 1. The van der Waals surface area contributed by atoms with Crippen LogP contribution in [0.2, 0.25) is 5.02 Å². The third kappa shape index (κ3) is 4.05. The summed E-state index contributed by atoms with van der Waals surface area (Å²) in [4.78, 5) is 12.0. The second kappa shape index (κ2) is 7.05. The summed E-state index contributed by atoms with van der Waals surface area (Å²) in [6.07, 6.45) is 0.0861. The van der Waals surface area contributed by atoms with E-state index in [1.807, 2.05) is 31.2 Å². The van der Waals surface area contributed by atoms with Gasteiger partial charge in [0.25, 0.3) is 0 Å². The number of hydrogen-bond donors (Lipinski definition) is 0. The first-order valence-electron chi connectivity index (χ1n) is 6.35. The van der Waals surface area contributed by atoms with Gasteiger partial charge in [-0.05, 0) is 52.7 Å². The van der Waals surface area contributed by atoms with Crippen molar-refractivity contribution >= 4 is 33.3 Å². The zero-order valence-corrected chi connectivity index (χ0v) is 13.7. The maximum absolute atomic E-state index is 13.9. The molecular formula is C16H13BrClFO2. The second-order valence-electron chi connectivity index (χ2n) is 4.56. The second-order valence-corrected chi connectivity index (χ2v) is 5.79. The minimum absolute atomic E-state index is 0.0176. The average Bonchev–Trinajstić information content (AvgIpc) is 2.45. The van der Waals surface area contributed by atoms with Crippen molar-refractivity contribution in [2.75, 3.05) is 6.61 Å². The highest BCUT2D eigenvalue weighted by molar-refractivity contribution is 9.10. The van der Waals surface area contributed by atoms with Gasteiger partial charge in [-0.25, -0.2) is 4.39 Å². The van der Waals surface area contributed by atoms with Gasteiger partial charge >= 0.3 is 0 Å². The first-order valence-corrected chi connectivity index (χ1v) is 7.52. The van der Waals surface area contributed by atoms with Crippen molar-refractivity contribution in [3.63, 3.8) is 0 Å². The molecule has 0 aromatic heterocycles. The summed E-state index contributed by atoms with van der Waals surface area (Å²) >= 11 is 8.88. The lowest BCUT2D eigenvalue weighted by Crippen LogP contribution is -2.09. The van der Waals surface area contributed by atoms with Crippen LogP contribution in [0, 0.1) is 12.7 Å². The molecule has 0 atom stereocenters. The predicted molar refractivity (Wildman–Crippen MR) is 84.7 cm³/mol. The van der Waals surface area contributed by atoms with Crippen molar-refractivity contribution < 1.29 is 13.9 Å². The first-order chi connectivity index (χ1) is 9.99. The molecule has 0 spiro atoms. The molecule has 21 heavy (non-hydrogen) atoms. The number of carbonyl (C=O) groups is 1. The topological polar surface area (TPSA) is 26.3 Å². The maximum Gasteiger partial charge on any atom is 0.169 e. The van der Waals surface area contributed by atoms with Crippen LogP contribution in [0.25, 0.3) is 0 Å². The molecule has 0 fully saturated rings. The van der Waals surface area contributed by atoms with Crippen molar-refractivity contribution in [3.8, 4) is 5.75 Å². The van der Waals surface area contributed by atoms with Crippen LogP contribution >= 0.6 is 27.5 Å². The van der Waals surface area contributed by atoms with E-state index in [0.29, 0.717) is 10.2 Å². The Hall–Kier alpha value is -1.39. The average molecular weight is 372 g/mol. The normalized spacial score (nSPS) is 10.5. The van der Waals surface area contributed by atoms with Crippen molar-refractivity contribution in [1.82, 2.24) is 0 Å². The van der Waals surface area contributed by atoms with E-state index in [4.69, 9.17) is 16.3 Å². The Labute approximate surface area is 136 Å². The fourth-order valence-electron chi connectivity index (χ4n) is 1.84. The molecule has 0 aliphatic heterocycles. The van der Waals surface area contributed by atoms with Crippen LogP contribution in [0.15, 0.2) is 40.9 Å². The van der Waals surface area contributed by atoms with E-state index in [1.165, 1.54) is 6.07 Å². The lowest BCUT2D eigenvalue weighted by Gasteiger charge is -2.08. The number of benzene rings is 2. The van der Waals surface area contributed by atoms with E-state index in [2.05, 4.69) is 15.9 Å². The first kappa shape index (κ1) is 16.0. The molecule has 0 heterocycles.